The predicted molar refractivity (Wildman–Crippen MR) is 113 cm³/mol. The van der Waals surface area contributed by atoms with Gasteiger partial charge in [-0.15, -0.1) is 0 Å². The van der Waals surface area contributed by atoms with Crippen LogP contribution in [-0.4, -0.2) is 39.1 Å². The molecule has 0 radical (unpaired) electrons. The maximum absolute atomic E-state index is 12.7. The van der Waals surface area contributed by atoms with Crippen molar-refractivity contribution in [1.29, 1.82) is 5.26 Å². The summed E-state index contributed by atoms with van der Waals surface area (Å²) in [5.74, 6) is 0.252. The number of rotatable bonds is 9. The van der Waals surface area contributed by atoms with Crippen LogP contribution in [-0.2, 0) is 15.9 Å². The van der Waals surface area contributed by atoms with Crippen molar-refractivity contribution in [1.82, 2.24) is 0 Å². The number of hydrogen-bond acceptors (Lipinski definition) is 6. The van der Waals surface area contributed by atoms with Gasteiger partial charge in [-0.05, 0) is 36.2 Å². The fourth-order valence-electron chi connectivity index (χ4n) is 2.56. The Morgan fingerprint density at radius 2 is 1.90 bits per heavy atom. The summed E-state index contributed by atoms with van der Waals surface area (Å²) in [6, 6.07) is 16.0. The van der Waals surface area contributed by atoms with Crippen molar-refractivity contribution >= 4 is 23.6 Å². The van der Waals surface area contributed by atoms with Crippen molar-refractivity contribution in [2.45, 2.75) is 19.8 Å². The molecular formula is C22H25N3O5. The number of carbonyl (C=O) groups is 2. The van der Waals surface area contributed by atoms with Gasteiger partial charge in [-0.2, -0.15) is 5.26 Å². The molecule has 1 N–H and O–H groups in total. The molecule has 0 bridgehead atoms. The average Bonchev–Trinajstić information content (AvgIpc) is 2.75. The van der Waals surface area contributed by atoms with E-state index in [4.69, 9.17) is 19.5 Å². The molecule has 0 aliphatic rings. The van der Waals surface area contributed by atoms with Crippen LogP contribution >= 0.6 is 0 Å². The molecule has 0 aliphatic carbocycles. The van der Waals surface area contributed by atoms with Crippen molar-refractivity contribution in [3.05, 3.63) is 54.1 Å². The van der Waals surface area contributed by atoms with Gasteiger partial charge in [0.05, 0.1) is 19.1 Å². The normalized spacial score (nSPS) is 10.0. The zero-order valence-corrected chi connectivity index (χ0v) is 17.1. The number of hydrogen-bond donors (Lipinski definition) is 1. The highest BCUT2D eigenvalue weighted by Crippen LogP contribution is 2.21. The molecule has 30 heavy (non-hydrogen) atoms. The summed E-state index contributed by atoms with van der Waals surface area (Å²) in [6.45, 7) is 2.67. The van der Waals surface area contributed by atoms with Crippen LogP contribution in [0.2, 0.25) is 0 Å². The Hall–Kier alpha value is -3.57. The first-order valence-corrected chi connectivity index (χ1v) is 9.55. The Labute approximate surface area is 176 Å². The minimum absolute atomic E-state index is 0.127. The minimum atomic E-state index is -0.637. The van der Waals surface area contributed by atoms with Crippen molar-refractivity contribution in [2.75, 3.05) is 37.1 Å². The highest BCUT2D eigenvalue weighted by atomic mass is 16.6. The van der Waals surface area contributed by atoms with Crippen LogP contribution in [0.3, 0.4) is 0 Å². The topological polar surface area (TPSA) is 101 Å². The van der Waals surface area contributed by atoms with Gasteiger partial charge in [0.25, 0.3) is 0 Å². The highest BCUT2D eigenvalue weighted by molar-refractivity contribution is 5.89. The van der Waals surface area contributed by atoms with E-state index >= 15 is 0 Å². The lowest BCUT2D eigenvalue weighted by Gasteiger charge is -2.21. The second kappa shape index (κ2) is 12.1. The minimum Gasteiger partial charge on any atom is -0.447 e. The van der Waals surface area contributed by atoms with Crippen LogP contribution in [0.4, 0.5) is 21.0 Å². The fourth-order valence-corrected chi connectivity index (χ4v) is 2.56. The average molecular weight is 411 g/mol. The molecule has 2 amide bonds. The summed E-state index contributed by atoms with van der Waals surface area (Å²) >= 11 is 0. The second-order valence-electron chi connectivity index (χ2n) is 6.23. The van der Waals surface area contributed by atoms with E-state index in [2.05, 4.69) is 5.32 Å². The summed E-state index contributed by atoms with van der Waals surface area (Å²) < 4.78 is 15.2. The number of ether oxygens (including phenoxy) is 3. The smallest absolute Gasteiger partial charge is 0.419 e. The summed E-state index contributed by atoms with van der Waals surface area (Å²) in [7, 11) is 1.51. The highest BCUT2D eigenvalue weighted by Gasteiger charge is 2.18. The van der Waals surface area contributed by atoms with Gasteiger partial charge in [0.2, 0.25) is 0 Å². The molecular weight excluding hydrogens is 386 g/mol. The lowest BCUT2D eigenvalue weighted by Crippen LogP contribution is -2.34. The van der Waals surface area contributed by atoms with Gasteiger partial charge in [-0.1, -0.05) is 25.1 Å². The number of nitrogens with one attached hydrogen (secondary N) is 1. The summed E-state index contributed by atoms with van der Waals surface area (Å²) in [5.41, 5.74) is 2.20. The molecule has 0 heterocycles. The first kappa shape index (κ1) is 22.7. The molecule has 0 saturated heterocycles. The Kier molecular flexibility index (Phi) is 9.16. The largest absolute Gasteiger partial charge is 0.447 e. The van der Waals surface area contributed by atoms with Crippen LogP contribution in [0.1, 0.15) is 18.9 Å². The Morgan fingerprint density at radius 3 is 2.57 bits per heavy atom. The maximum atomic E-state index is 12.7. The standard InChI is InChI=1S/C22H25N3O5/c1-3-17-8-10-19(11-9-17)25(13-5-12-23)22(27)30-20-7-4-6-18(16-20)24-21(26)29-15-14-28-2/h4,6-11,16H,3,5,13-15H2,1-2H3,(H,24,26). The Balaban J connectivity index is 2.07. The van der Waals surface area contributed by atoms with Gasteiger partial charge in [-0.25, -0.2) is 9.59 Å². The lowest BCUT2D eigenvalue weighted by molar-refractivity contribution is 0.107. The molecule has 0 atom stereocenters. The number of carbonyl (C=O) groups excluding carboxylic acids is 2. The van der Waals surface area contributed by atoms with Gasteiger partial charge < -0.3 is 14.2 Å². The first-order valence-electron chi connectivity index (χ1n) is 9.55. The molecule has 0 aromatic heterocycles. The van der Waals surface area contributed by atoms with E-state index in [1.54, 1.807) is 18.2 Å². The van der Waals surface area contributed by atoms with Gasteiger partial charge in [0.1, 0.15) is 12.4 Å². The van der Waals surface area contributed by atoms with Crippen LogP contribution in [0.5, 0.6) is 5.75 Å². The van der Waals surface area contributed by atoms with Crippen LogP contribution in [0.15, 0.2) is 48.5 Å². The summed E-state index contributed by atoms with van der Waals surface area (Å²) in [4.78, 5) is 25.9. The molecule has 2 rings (SSSR count). The van der Waals surface area contributed by atoms with E-state index in [9.17, 15) is 9.59 Å². The third-order valence-electron chi connectivity index (χ3n) is 4.13. The molecule has 0 fully saturated rings. The summed E-state index contributed by atoms with van der Waals surface area (Å²) in [5, 5.41) is 11.5. The molecule has 0 spiro atoms. The third-order valence-corrected chi connectivity index (χ3v) is 4.13. The Bertz CT molecular complexity index is 877. The van der Waals surface area contributed by atoms with Crippen molar-refractivity contribution in [3.63, 3.8) is 0 Å². The van der Waals surface area contributed by atoms with E-state index < -0.39 is 12.2 Å². The van der Waals surface area contributed by atoms with Crippen LogP contribution in [0.25, 0.3) is 0 Å². The number of nitriles is 1. The number of nitrogens with zero attached hydrogens (tertiary/aromatic N) is 2. The van der Waals surface area contributed by atoms with E-state index in [-0.39, 0.29) is 25.3 Å². The number of benzene rings is 2. The zero-order chi connectivity index (χ0) is 21.8. The van der Waals surface area contributed by atoms with Crippen LogP contribution in [0, 0.1) is 11.3 Å². The van der Waals surface area contributed by atoms with Gasteiger partial charge in [0, 0.05) is 31.1 Å². The molecule has 0 unspecified atom stereocenters. The number of amides is 2. The number of aryl methyl sites for hydroxylation is 1. The van der Waals surface area contributed by atoms with E-state index in [0.29, 0.717) is 18.0 Å². The number of methoxy groups -OCH3 is 1. The molecule has 158 valence electrons. The zero-order valence-electron chi connectivity index (χ0n) is 17.1. The lowest BCUT2D eigenvalue weighted by atomic mass is 10.1. The SMILES string of the molecule is CCc1ccc(N(CCC#N)C(=O)Oc2cccc(NC(=O)OCCOC)c2)cc1. The number of anilines is 2. The Morgan fingerprint density at radius 1 is 1.13 bits per heavy atom. The monoisotopic (exact) mass is 411 g/mol. The second-order valence-corrected chi connectivity index (χ2v) is 6.23. The first-order chi connectivity index (χ1) is 14.6. The quantitative estimate of drug-likeness (QED) is 0.615. The van der Waals surface area contributed by atoms with E-state index in [1.807, 2.05) is 37.3 Å². The summed E-state index contributed by atoms with van der Waals surface area (Å²) in [6.07, 6.45) is -0.201. The molecule has 2 aromatic rings. The van der Waals surface area contributed by atoms with Gasteiger partial charge in [0.15, 0.2) is 0 Å². The van der Waals surface area contributed by atoms with E-state index in [1.165, 1.54) is 18.1 Å². The molecule has 8 heteroatoms. The molecule has 2 aromatic carbocycles. The molecule has 0 saturated carbocycles. The van der Waals surface area contributed by atoms with Crippen LogP contribution < -0.4 is 15.0 Å². The van der Waals surface area contributed by atoms with Gasteiger partial charge >= 0.3 is 12.2 Å². The van der Waals surface area contributed by atoms with E-state index in [0.717, 1.165) is 12.0 Å². The van der Waals surface area contributed by atoms with Crippen molar-refractivity contribution in [3.8, 4) is 11.8 Å². The van der Waals surface area contributed by atoms with Crippen molar-refractivity contribution < 1.29 is 23.8 Å². The molecule has 8 nitrogen and oxygen atoms in total. The molecule has 0 aliphatic heterocycles. The maximum Gasteiger partial charge on any atom is 0.419 e. The predicted octanol–water partition coefficient (Wildman–Crippen LogP) is 4.36. The van der Waals surface area contributed by atoms with Crippen molar-refractivity contribution in [2.24, 2.45) is 0 Å². The van der Waals surface area contributed by atoms with Gasteiger partial charge in [-0.3, -0.25) is 10.2 Å². The third kappa shape index (κ3) is 7.11. The fraction of sp³-hybridized carbons (Fsp3) is 0.318.